The van der Waals surface area contributed by atoms with E-state index in [1.807, 2.05) is 10.6 Å². The first kappa shape index (κ1) is 13.1. The van der Waals surface area contributed by atoms with Crippen LogP contribution in [-0.2, 0) is 12.8 Å². The average molecular weight is 264 g/mol. The average Bonchev–Trinajstić information content (AvgIpc) is 2.72. The van der Waals surface area contributed by atoms with E-state index in [2.05, 4.69) is 48.3 Å². The lowest BCUT2D eigenvalue weighted by Crippen LogP contribution is -2.12. The maximum atomic E-state index is 6.13. The molecule has 1 heterocycles. The molecule has 0 aliphatic rings. The molecular formula is C14H18ClN3. The van der Waals surface area contributed by atoms with Crippen molar-refractivity contribution in [3.05, 3.63) is 47.0 Å². The zero-order valence-corrected chi connectivity index (χ0v) is 11.6. The first-order chi connectivity index (χ1) is 8.72. The molecule has 2 rings (SSSR count). The van der Waals surface area contributed by atoms with E-state index in [1.165, 1.54) is 5.56 Å². The molecule has 0 fully saturated rings. The second kappa shape index (κ2) is 6.01. The summed E-state index contributed by atoms with van der Waals surface area (Å²) in [6.45, 7) is 4.29. The van der Waals surface area contributed by atoms with Gasteiger partial charge in [0.2, 0.25) is 5.28 Å². The van der Waals surface area contributed by atoms with Crippen molar-refractivity contribution >= 4 is 11.6 Å². The fraction of sp³-hybridized carbons (Fsp3) is 0.429. The van der Waals surface area contributed by atoms with Gasteiger partial charge in [-0.05, 0) is 36.9 Å². The van der Waals surface area contributed by atoms with Gasteiger partial charge in [0, 0.05) is 12.5 Å². The molecule has 96 valence electrons. The molecule has 1 atom stereocenters. The Bertz CT molecular complexity index is 493. The number of benzene rings is 1. The molecule has 0 saturated carbocycles. The first-order valence-electron chi connectivity index (χ1n) is 6.35. The summed E-state index contributed by atoms with van der Waals surface area (Å²) in [5.74, 6) is 0.978. The molecule has 1 unspecified atom stereocenters. The van der Waals surface area contributed by atoms with Crippen molar-refractivity contribution in [3.8, 4) is 0 Å². The minimum atomic E-state index is 0.274. The maximum absolute atomic E-state index is 6.13. The van der Waals surface area contributed by atoms with E-state index in [0.29, 0.717) is 5.28 Å². The largest absolute Gasteiger partial charge is 0.299 e. The monoisotopic (exact) mass is 263 g/mol. The fourth-order valence-electron chi connectivity index (χ4n) is 2.18. The van der Waals surface area contributed by atoms with Gasteiger partial charge in [-0.25, -0.2) is 0 Å². The van der Waals surface area contributed by atoms with Crippen molar-refractivity contribution in [3.63, 3.8) is 0 Å². The van der Waals surface area contributed by atoms with Gasteiger partial charge < -0.3 is 0 Å². The van der Waals surface area contributed by atoms with Gasteiger partial charge in [0.25, 0.3) is 0 Å². The highest BCUT2D eigenvalue weighted by molar-refractivity contribution is 6.28. The van der Waals surface area contributed by atoms with Crippen LogP contribution in [0.1, 0.15) is 37.7 Å². The standard InChI is InChI=1S/C14H18ClN3/c1-3-7-13-16-17-14(15)18(13)11(2)10-12-8-5-4-6-9-12/h4-6,8-9,11H,3,7,10H2,1-2H3. The molecule has 0 aliphatic heterocycles. The van der Waals surface area contributed by atoms with Gasteiger partial charge in [-0.15, -0.1) is 10.2 Å². The Labute approximate surface area is 113 Å². The van der Waals surface area contributed by atoms with Gasteiger partial charge in [0.05, 0.1) is 0 Å². The topological polar surface area (TPSA) is 30.7 Å². The number of hydrogen-bond acceptors (Lipinski definition) is 2. The van der Waals surface area contributed by atoms with Crippen molar-refractivity contribution in [2.24, 2.45) is 0 Å². The van der Waals surface area contributed by atoms with Crippen LogP contribution >= 0.6 is 11.6 Å². The lowest BCUT2D eigenvalue weighted by molar-refractivity contribution is 0.518. The Morgan fingerprint density at radius 2 is 1.94 bits per heavy atom. The molecule has 1 aromatic carbocycles. The number of rotatable bonds is 5. The Kier molecular flexibility index (Phi) is 4.37. The molecule has 0 saturated heterocycles. The number of halogens is 1. The molecule has 3 nitrogen and oxygen atoms in total. The summed E-state index contributed by atoms with van der Waals surface area (Å²) in [4.78, 5) is 0. The molecule has 18 heavy (non-hydrogen) atoms. The first-order valence-corrected chi connectivity index (χ1v) is 6.73. The predicted octanol–water partition coefficient (Wildman–Crippen LogP) is 3.69. The van der Waals surface area contributed by atoms with Crippen molar-refractivity contribution < 1.29 is 0 Å². The van der Waals surface area contributed by atoms with Gasteiger partial charge in [0.15, 0.2) is 0 Å². The van der Waals surface area contributed by atoms with Crippen LogP contribution in [-0.4, -0.2) is 14.8 Å². The normalized spacial score (nSPS) is 12.6. The molecule has 1 aromatic heterocycles. The van der Waals surface area contributed by atoms with Crippen LogP contribution in [0.5, 0.6) is 0 Å². The summed E-state index contributed by atoms with van der Waals surface area (Å²) >= 11 is 6.13. The number of aromatic nitrogens is 3. The SMILES string of the molecule is CCCc1nnc(Cl)n1C(C)Cc1ccccc1. The highest BCUT2D eigenvalue weighted by atomic mass is 35.5. The second-order valence-electron chi connectivity index (χ2n) is 4.54. The van der Waals surface area contributed by atoms with Gasteiger partial charge in [-0.2, -0.15) is 0 Å². The Hall–Kier alpha value is -1.35. The summed E-state index contributed by atoms with van der Waals surface area (Å²) in [7, 11) is 0. The van der Waals surface area contributed by atoms with Crippen LogP contribution in [0.25, 0.3) is 0 Å². The lowest BCUT2D eigenvalue weighted by atomic mass is 10.1. The van der Waals surface area contributed by atoms with Crippen LogP contribution in [0.15, 0.2) is 30.3 Å². The molecule has 4 heteroatoms. The molecule has 0 amide bonds. The maximum Gasteiger partial charge on any atom is 0.225 e. The molecule has 0 radical (unpaired) electrons. The minimum absolute atomic E-state index is 0.274. The summed E-state index contributed by atoms with van der Waals surface area (Å²) in [5.41, 5.74) is 1.30. The van der Waals surface area contributed by atoms with Gasteiger partial charge in [0.1, 0.15) is 5.82 Å². The highest BCUT2D eigenvalue weighted by Gasteiger charge is 2.15. The van der Waals surface area contributed by atoms with Crippen molar-refractivity contribution in [2.45, 2.75) is 39.2 Å². The number of nitrogens with zero attached hydrogens (tertiary/aromatic N) is 3. The summed E-state index contributed by atoms with van der Waals surface area (Å²) in [5, 5.41) is 8.61. The lowest BCUT2D eigenvalue weighted by Gasteiger charge is -2.16. The van der Waals surface area contributed by atoms with Crippen LogP contribution in [0, 0.1) is 0 Å². The van der Waals surface area contributed by atoms with Crippen molar-refractivity contribution in [1.29, 1.82) is 0 Å². The van der Waals surface area contributed by atoms with Crippen molar-refractivity contribution in [2.75, 3.05) is 0 Å². The third-order valence-electron chi connectivity index (χ3n) is 3.01. The Balaban J connectivity index is 2.18. The third kappa shape index (κ3) is 2.91. The van der Waals surface area contributed by atoms with E-state index in [4.69, 9.17) is 11.6 Å². The van der Waals surface area contributed by atoms with Crippen molar-refractivity contribution in [1.82, 2.24) is 14.8 Å². The van der Waals surface area contributed by atoms with E-state index in [9.17, 15) is 0 Å². The fourth-order valence-corrected chi connectivity index (χ4v) is 2.48. The van der Waals surface area contributed by atoms with Crippen LogP contribution in [0.3, 0.4) is 0 Å². The molecule has 2 aromatic rings. The zero-order valence-electron chi connectivity index (χ0n) is 10.8. The molecule has 0 N–H and O–H groups in total. The van der Waals surface area contributed by atoms with Crippen LogP contribution < -0.4 is 0 Å². The quantitative estimate of drug-likeness (QED) is 0.824. The third-order valence-corrected chi connectivity index (χ3v) is 3.27. The Morgan fingerprint density at radius 1 is 1.22 bits per heavy atom. The van der Waals surface area contributed by atoms with Gasteiger partial charge in [-0.1, -0.05) is 37.3 Å². The van der Waals surface area contributed by atoms with Gasteiger partial charge in [-0.3, -0.25) is 4.57 Å². The molecular weight excluding hydrogens is 246 g/mol. The van der Waals surface area contributed by atoms with E-state index in [1.54, 1.807) is 0 Å². The van der Waals surface area contributed by atoms with Crippen LogP contribution in [0.4, 0.5) is 0 Å². The summed E-state index contributed by atoms with van der Waals surface area (Å²) in [6.07, 6.45) is 2.90. The van der Waals surface area contributed by atoms with E-state index in [-0.39, 0.29) is 6.04 Å². The number of aryl methyl sites for hydroxylation is 1. The minimum Gasteiger partial charge on any atom is -0.299 e. The Morgan fingerprint density at radius 3 is 2.61 bits per heavy atom. The predicted molar refractivity (Wildman–Crippen MR) is 73.9 cm³/mol. The number of hydrogen-bond donors (Lipinski definition) is 0. The van der Waals surface area contributed by atoms with E-state index in [0.717, 1.165) is 25.1 Å². The highest BCUT2D eigenvalue weighted by Crippen LogP contribution is 2.21. The molecule has 0 spiro atoms. The second-order valence-corrected chi connectivity index (χ2v) is 4.88. The van der Waals surface area contributed by atoms with E-state index < -0.39 is 0 Å². The van der Waals surface area contributed by atoms with Crippen LogP contribution in [0.2, 0.25) is 5.28 Å². The molecule has 0 bridgehead atoms. The smallest absolute Gasteiger partial charge is 0.225 e. The summed E-state index contributed by atoms with van der Waals surface area (Å²) in [6, 6.07) is 10.7. The molecule has 0 aliphatic carbocycles. The summed E-state index contributed by atoms with van der Waals surface area (Å²) < 4.78 is 2.04. The zero-order chi connectivity index (χ0) is 13.0. The van der Waals surface area contributed by atoms with E-state index >= 15 is 0 Å². The van der Waals surface area contributed by atoms with Gasteiger partial charge >= 0.3 is 0 Å².